The molecule has 100 valence electrons. The van der Waals surface area contributed by atoms with E-state index in [9.17, 15) is 8.78 Å². The van der Waals surface area contributed by atoms with Gasteiger partial charge in [-0.2, -0.15) is 0 Å². The third kappa shape index (κ3) is 3.20. The third-order valence-corrected chi connectivity index (χ3v) is 3.54. The zero-order chi connectivity index (χ0) is 13.8. The molecular weight excluding hydrogens is 268 g/mol. The highest BCUT2D eigenvalue weighted by Gasteiger charge is 2.11. The van der Waals surface area contributed by atoms with Crippen molar-refractivity contribution in [3.05, 3.63) is 47.4 Å². The molecule has 0 saturated carbocycles. The highest BCUT2D eigenvalue weighted by Crippen LogP contribution is 2.25. The lowest BCUT2D eigenvalue weighted by Gasteiger charge is -2.07. The molecule has 6 heteroatoms. The summed E-state index contributed by atoms with van der Waals surface area (Å²) in [7, 11) is 1.60. The third-order valence-electron chi connectivity index (χ3n) is 2.49. The molecule has 0 bridgehead atoms. The number of rotatable bonds is 4. The SMILES string of the molecule is CNc1nc(CSc2ccccc2F)nc(C)c1F. The van der Waals surface area contributed by atoms with Gasteiger partial charge in [-0.05, 0) is 19.1 Å². The van der Waals surface area contributed by atoms with Gasteiger partial charge >= 0.3 is 0 Å². The number of nitrogens with one attached hydrogen (secondary N) is 1. The number of anilines is 1. The fourth-order valence-electron chi connectivity index (χ4n) is 1.55. The van der Waals surface area contributed by atoms with Crippen LogP contribution in [0.4, 0.5) is 14.6 Å². The summed E-state index contributed by atoms with van der Waals surface area (Å²) in [5, 5.41) is 2.68. The summed E-state index contributed by atoms with van der Waals surface area (Å²) in [4.78, 5) is 8.64. The van der Waals surface area contributed by atoms with Crippen molar-refractivity contribution in [1.82, 2.24) is 9.97 Å². The minimum Gasteiger partial charge on any atom is -0.371 e. The molecule has 0 aliphatic rings. The normalized spacial score (nSPS) is 10.5. The van der Waals surface area contributed by atoms with Crippen LogP contribution in [-0.4, -0.2) is 17.0 Å². The van der Waals surface area contributed by atoms with Gasteiger partial charge < -0.3 is 5.32 Å². The van der Waals surface area contributed by atoms with Gasteiger partial charge in [-0.25, -0.2) is 18.7 Å². The maximum absolute atomic E-state index is 13.6. The second-order valence-electron chi connectivity index (χ2n) is 3.86. The Morgan fingerprint density at radius 2 is 1.95 bits per heavy atom. The largest absolute Gasteiger partial charge is 0.371 e. The lowest BCUT2D eigenvalue weighted by Crippen LogP contribution is -2.05. The summed E-state index contributed by atoms with van der Waals surface area (Å²) in [6.45, 7) is 1.58. The molecule has 0 aliphatic heterocycles. The van der Waals surface area contributed by atoms with E-state index in [2.05, 4.69) is 15.3 Å². The highest BCUT2D eigenvalue weighted by atomic mass is 32.2. The zero-order valence-corrected chi connectivity index (χ0v) is 11.4. The lowest BCUT2D eigenvalue weighted by molar-refractivity contribution is 0.600. The van der Waals surface area contributed by atoms with Crippen LogP contribution in [0.15, 0.2) is 29.2 Å². The molecule has 2 rings (SSSR count). The Bertz CT molecular complexity index is 590. The first-order valence-electron chi connectivity index (χ1n) is 5.70. The standard InChI is InChI=1S/C13H13F2N3S/c1-8-12(15)13(16-2)18-11(17-8)7-19-10-6-4-3-5-9(10)14/h3-6H,7H2,1-2H3,(H,16,17,18). The predicted octanol–water partition coefficient (Wildman–Crippen LogP) is 3.40. The molecule has 1 aromatic heterocycles. The maximum Gasteiger partial charge on any atom is 0.186 e. The van der Waals surface area contributed by atoms with Gasteiger partial charge in [-0.3, -0.25) is 0 Å². The average molecular weight is 281 g/mol. The number of benzene rings is 1. The van der Waals surface area contributed by atoms with Crippen LogP contribution >= 0.6 is 11.8 Å². The molecule has 1 heterocycles. The van der Waals surface area contributed by atoms with Crippen LogP contribution in [-0.2, 0) is 5.75 Å². The molecule has 0 amide bonds. The molecule has 1 N–H and O–H groups in total. The lowest BCUT2D eigenvalue weighted by atomic mass is 10.3. The molecule has 2 aromatic rings. The van der Waals surface area contributed by atoms with Crippen LogP contribution in [0.25, 0.3) is 0 Å². The first kappa shape index (κ1) is 13.7. The minimum absolute atomic E-state index is 0.164. The van der Waals surface area contributed by atoms with Crippen molar-refractivity contribution in [3.63, 3.8) is 0 Å². The smallest absolute Gasteiger partial charge is 0.186 e. The fraction of sp³-hybridized carbons (Fsp3) is 0.231. The van der Waals surface area contributed by atoms with E-state index < -0.39 is 5.82 Å². The Balaban J connectivity index is 2.16. The van der Waals surface area contributed by atoms with Crippen LogP contribution < -0.4 is 5.32 Å². The van der Waals surface area contributed by atoms with Crippen LogP contribution in [0, 0.1) is 18.6 Å². The van der Waals surface area contributed by atoms with Crippen molar-refractivity contribution in [2.45, 2.75) is 17.6 Å². The second kappa shape index (κ2) is 5.97. The monoisotopic (exact) mass is 281 g/mol. The van der Waals surface area contributed by atoms with E-state index in [1.165, 1.54) is 17.8 Å². The first-order valence-corrected chi connectivity index (χ1v) is 6.68. The van der Waals surface area contributed by atoms with Gasteiger partial charge in [0, 0.05) is 11.9 Å². The molecule has 0 unspecified atom stereocenters. The van der Waals surface area contributed by atoms with Crippen molar-refractivity contribution in [1.29, 1.82) is 0 Å². The molecule has 0 aliphatic carbocycles. The predicted molar refractivity (Wildman–Crippen MR) is 72.2 cm³/mol. The van der Waals surface area contributed by atoms with E-state index in [0.717, 1.165) is 0 Å². The molecule has 0 radical (unpaired) electrons. The quantitative estimate of drug-likeness (QED) is 0.872. The topological polar surface area (TPSA) is 37.8 Å². The molecular formula is C13H13F2N3S. The summed E-state index contributed by atoms with van der Waals surface area (Å²) in [6.07, 6.45) is 0. The van der Waals surface area contributed by atoms with Crippen molar-refractivity contribution in [2.24, 2.45) is 0 Å². The van der Waals surface area contributed by atoms with Crippen LogP contribution in [0.2, 0.25) is 0 Å². The number of nitrogens with zero attached hydrogens (tertiary/aromatic N) is 2. The average Bonchev–Trinajstić information content (AvgIpc) is 2.41. The van der Waals surface area contributed by atoms with Crippen molar-refractivity contribution >= 4 is 17.6 Å². The molecule has 0 fully saturated rings. The Morgan fingerprint density at radius 1 is 1.21 bits per heavy atom. The Labute approximate surface area is 114 Å². The fourth-order valence-corrected chi connectivity index (χ4v) is 2.35. The van der Waals surface area contributed by atoms with Gasteiger partial charge in [0.15, 0.2) is 11.6 Å². The number of aryl methyl sites for hydroxylation is 1. The maximum atomic E-state index is 13.6. The van der Waals surface area contributed by atoms with Crippen LogP contribution in [0.3, 0.4) is 0 Å². The minimum atomic E-state index is -0.456. The van der Waals surface area contributed by atoms with Gasteiger partial charge in [0.1, 0.15) is 11.6 Å². The van der Waals surface area contributed by atoms with Crippen LogP contribution in [0.1, 0.15) is 11.5 Å². The molecule has 1 aromatic carbocycles. The van der Waals surface area contributed by atoms with Crippen molar-refractivity contribution in [2.75, 3.05) is 12.4 Å². The number of thioether (sulfide) groups is 1. The number of halogens is 2. The zero-order valence-electron chi connectivity index (χ0n) is 10.6. The molecule has 0 saturated heterocycles. The van der Waals surface area contributed by atoms with E-state index >= 15 is 0 Å². The Kier molecular flexibility index (Phi) is 4.31. The van der Waals surface area contributed by atoms with E-state index in [4.69, 9.17) is 0 Å². The summed E-state index contributed by atoms with van der Waals surface area (Å²) < 4.78 is 27.0. The summed E-state index contributed by atoms with van der Waals surface area (Å²) in [5.41, 5.74) is 0.281. The first-order chi connectivity index (χ1) is 9.11. The highest BCUT2D eigenvalue weighted by molar-refractivity contribution is 7.98. The Hall–Kier alpha value is -1.69. The summed E-state index contributed by atoms with van der Waals surface area (Å²) in [6, 6.07) is 6.49. The van der Waals surface area contributed by atoms with Crippen molar-refractivity contribution in [3.8, 4) is 0 Å². The number of aromatic nitrogens is 2. The van der Waals surface area contributed by atoms with Crippen molar-refractivity contribution < 1.29 is 8.78 Å². The molecule has 3 nitrogen and oxygen atoms in total. The van der Waals surface area contributed by atoms with E-state index in [-0.39, 0.29) is 17.3 Å². The molecule has 0 spiro atoms. The van der Waals surface area contributed by atoms with E-state index in [0.29, 0.717) is 16.5 Å². The van der Waals surface area contributed by atoms with Gasteiger partial charge in [-0.1, -0.05) is 12.1 Å². The second-order valence-corrected chi connectivity index (χ2v) is 4.87. The summed E-state index contributed by atoms with van der Waals surface area (Å²) in [5.74, 6) is 0.284. The van der Waals surface area contributed by atoms with E-state index in [1.54, 1.807) is 32.2 Å². The Morgan fingerprint density at radius 3 is 2.63 bits per heavy atom. The van der Waals surface area contributed by atoms with E-state index in [1.807, 2.05) is 0 Å². The van der Waals surface area contributed by atoms with Gasteiger partial charge in [0.05, 0.1) is 11.4 Å². The van der Waals surface area contributed by atoms with Gasteiger partial charge in [0.25, 0.3) is 0 Å². The molecule has 19 heavy (non-hydrogen) atoms. The van der Waals surface area contributed by atoms with Crippen LogP contribution in [0.5, 0.6) is 0 Å². The van der Waals surface area contributed by atoms with Gasteiger partial charge in [0.2, 0.25) is 0 Å². The number of hydrogen-bond donors (Lipinski definition) is 1. The van der Waals surface area contributed by atoms with Gasteiger partial charge in [-0.15, -0.1) is 11.8 Å². The summed E-state index contributed by atoms with van der Waals surface area (Å²) >= 11 is 1.28. The number of hydrogen-bond acceptors (Lipinski definition) is 4. The molecule has 0 atom stereocenters.